The Kier molecular flexibility index (Phi) is 5.13. The first-order valence-corrected chi connectivity index (χ1v) is 8.95. The number of thiophene rings is 1. The molecule has 3 rings (SSSR count). The van der Waals surface area contributed by atoms with E-state index in [9.17, 15) is 0 Å². The number of aryl methyl sites for hydroxylation is 1. The van der Waals surface area contributed by atoms with Crippen LogP contribution in [0.15, 0.2) is 24.5 Å². The number of hydrogen-bond donors (Lipinski definition) is 1. The van der Waals surface area contributed by atoms with Gasteiger partial charge in [0.1, 0.15) is 18.0 Å². The van der Waals surface area contributed by atoms with Gasteiger partial charge in [0.2, 0.25) is 0 Å². The normalized spacial score (nSPS) is 18.8. The van der Waals surface area contributed by atoms with Gasteiger partial charge >= 0.3 is 0 Å². The lowest BCUT2D eigenvalue weighted by atomic mass is 10.1. The van der Waals surface area contributed by atoms with E-state index in [-0.39, 0.29) is 0 Å². The lowest BCUT2D eigenvalue weighted by Crippen LogP contribution is -2.41. The van der Waals surface area contributed by atoms with E-state index < -0.39 is 0 Å². The minimum absolute atomic E-state index is 0.453. The summed E-state index contributed by atoms with van der Waals surface area (Å²) in [7, 11) is 3.99. The number of aromatic nitrogens is 2. The predicted octanol–water partition coefficient (Wildman–Crippen LogP) is 2.99. The average Bonchev–Trinajstić information content (AvgIpc) is 2.93. The molecule has 0 spiro atoms. The summed E-state index contributed by atoms with van der Waals surface area (Å²) in [6, 6.07) is 6.94. The quantitative estimate of drug-likeness (QED) is 0.912. The Morgan fingerprint density at radius 3 is 2.96 bits per heavy atom. The monoisotopic (exact) mass is 331 g/mol. The first-order valence-electron chi connectivity index (χ1n) is 8.14. The van der Waals surface area contributed by atoms with Crippen LogP contribution >= 0.6 is 11.3 Å². The van der Waals surface area contributed by atoms with E-state index in [1.165, 1.54) is 29.1 Å². The third-order valence-electron chi connectivity index (χ3n) is 4.14. The maximum atomic E-state index is 4.36. The van der Waals surface area contributed by atoms with Crippen molar-refractivity contribution in [2.75, 3.05) is 37.4 Å². The molecule has 1 aliphatic rings. The molecule has 5 nitrogen and oxygen atoms in total. The van der Waals surface area contributed by atoms with Crippen LogP contribution < -0.4 is 10.2 Å². The topological polar surface area (TPSA) is 44.3 Å². The van der Waals surface area contributed by atoms with Crippen molar-refractivity contribution < 1.29 is 0 Å². The van der Waals surface area contributed by atoms with Crippen molar-refractivity contribution >= 4 is 23.0 Å². The van der Waals surface area contributed by atoms with Gasteiger partial charge in [-0.2, -0.15) is 0 Å². The van der Waals surface area contributed by atoms with Crippen LogP contribution in [0.5, 0.6) is 0 Å². The second-order valence-corrected chi connectivity index (χ2v) is 7.76. The lowest BCUT2D eigenvalue weighted by Gasteiger charge is -2.33. The maximum Gasteiger partial charge on any atom is 0.133 e. The Hall–Kier alpha value is -1.66. The van der Waals surface area contributed by atoms with Gasteiger partial charge in [0, 0.05) is 49.0 Å². The van der Waals surface area contributed by atoms with Crippen molar-refractivity contribution in [1.82, 2.24) is 14.9 Å². The van der Waals surface area contributed by atoms with Crippen molar-refractivity contribution in [3.8, 4) is 0 Å². The summed E-state index contributed by atoms with van der Waals surface area (Å²) in [5, 5.41) is 3.58. The largest absolute Gasteiger partial charge is 0.366 e. The zero-order chi connectivity index (χ0) is 16.2. The van der Waals surface area contributed by atoms with Crippen LogP contribution in [0.2, 0.25) is 0 Å². The van der Waals surface area contributed by atoms with Crippen molar-refractivity contribution in [2.45, 2.75) is 32.4 Å². The van der Waals surface area contributed by atoms with Gasteiger partial charge in [0.05, 0.1) is 0 Å². The highest BCUT2D eigenvalue weighted by atomic mass is 32.1. The van der Waals surface area contributed by atoms with Gasteiger partial charge in [-0.25, -0.2) is 9.97 Å². The molecule has 124 valence electrons. The van der Waals surface area contributed by atoms with Gasteiger partial charge in [0.25, 0.3) is 0 Å². The molecule has 2 aromatic rings. The van der Waals surface area contributed by atoms with Crippen LogP contribution in [0.3, 0.4) is 0 Å². The molecule has 1 N–H and O–H groups in total. The Morgan fingerprint density at radius 1 is 1.35 bits per heavy atom. The number of rotatable bonds is 5. The van der Waals surface area contributed by atoms with Gasteiger partial charge in [-0.05, 0) is 38.4 Å². The van der Waals surface area contributed by atoms with Gasteiger partial charge in [-0.15, -0.1) is 11.3 Å². The SMILES string of the molecule is Cc1ccc(CN2CCCC(Nc3cc(N(C)C)ncn3)C2)s1. The molecule has 0 radical (unpaired) electrons. The van der Waals surface area contributed by atoms with Crippen LogP contribution in [-0.2, 0) is 6.54 Å². The molecule has 1 saturated heterocycles. The van der Waals surface area contributed by atoms with Gasteiger partial charge in [0.15, 0.2) is 0 Å². The fourth-order valence-electron chi connectivity index (χ4n) is 2.99. The average molecular weight is 331 g/mol. The first kappa shape index (κ1) is 16.2. The summed E-state index contributed by atoms with van der Waals surface area (Å²) in [6.07, 6.45) is 4.06. The highest BCUT2D eigenvalue weighted by Crippen LogP contribution is 2.21. The standard InChI is InChI=1S/C17H25N5S/c1-13-6-7-15(23-13)11-22-8-4-5-14(10-22)20-16-9-17(21(2)3)19-12-18-16/h6-7,9,12,14H,4-5,8,10-11H2,1-3H3,(H,18,19,20). The molecule has 0 aromatic carbocycles. The molecule has 0 aliphatic carbocycles. The van der Waals surface area contributed by atoms with E-state index in [2.05, 4.69) is 39.2 Å². The Morgan fingerprint density at radius 2 is 2.22 bits per heavy atom. The Balaban J connectivity index is 1.59. The van der Waals surface area contributed by atoms with Crippen molar-refractivity contribution in [3.05, 3.63) is 34.3 Å². The maximum absolute atomic E-state index is 4.36. The van der Waals surface area contributed by atoms with Gasteiger partial charge in [-0.1, -0.05) is 0 Å². The molecule has 0 amide bonds. The molecule has 3 heterocycles. The third-order valence-corrected chi connectivity index (χ3v) is 5.13. The summed E-state index contributed by atoms with van der Waals surface area (Å²) in [5.41, 5.74) is 0. The number of piperidine rings is 1. The van der Waals surface area contributed by atoms with Crippen LogP contribution in [0.25, 0.3) is 0 Å². The summed E-state index contributed by atoms with van der Waals surface area (Å²) in [6.45, 7) is 5.48. The van der Waals surface area contributed by atoms with Crippen molar-refractivity contribution in [2.24, 2.45) is 0 Å². The van der Waals surface area contributed by atoms with E-state index in [0.29, 0.717) is 6.04 Å². The second kappa shape index (κ2) is 7.27. The number of nitrogens with one attached hydrogen (secondary N) is 1. The summed E-state index contributed by atoms with van der Waals surface area (Å²) in [5.74, 6) is 1.85. The lowest BCUT2D eigenvalue weighted by molar-refractivity contribution is 0.210. The zero-order valence-corrected chi connectivity index (χ0v) is 14.9. The molecular weight excluding hydrogens is 306 g/mol. The Labute approximate surface area is 142 Å². The fraction of sp³-hybridized carbons (Fsp3) is 0.529. The Bertz CT molecular complexity index is 639. The zero-order valence-electron chi connectivity index (χ0n) is 14.1. The molecule has 1 unspecified atom stereocenters. The van der Waals surface area contributed by atoms with E-state index in [1.807, 2.05) is 36.4 Å². The van der Waals surface area contributed by atoms with Crippen molar-refractivity contribution in [1.29, 1.82) is 0 Å². The van der Waals surface area contributed by atoms with Crippen LogP contribution in [0.1, 0.15) is 22.6 Å². The molecule has 2 aromatic heterocycles. The van der Waals surface area contributed by atoms with E-state index in [1.54, 1.807) is 6.33 Å². The summed E-state index contributed by atoms with van der Waals surface area (Å²) < 4.78 is 0. The molecule has 1 aliphatic heterocycles. The molecule has 1 atom stereocenters. The molecule has 0 saturated carbocycles. The van der Waals surface area contributed by atoms with Crippen LogP contribution in [-0.4, -0.2) is 48.1 Å². The molecule has 1 fully saturated rings. The van der Waals surface area contributed by atoms with Gasteiger partial charge in [-0.3, -0.25) is 4.90 Å². The predicted molar refractivity (Wildman–Crippen MR) is 97.3 cm³/mol. The molecule has 23 heavy (non-hydrogen) atoms. The fourth-order valence-corrected chi connectivity index (χ4v) is 3.92. The second-order valence-electron chi connectivity index (χ2n) is 6.39. The van der Waals surface area contributed by atoms with Crippen LogP contribution in [0.4, 0.5) is 11.6 Å². The highest BCUT2D eigenvalue weighted by Gasteiger charge is 2.20. The number of likely N-dealkylation sites (tertiary alicyclic amines) is 1. The molecule has 6 heteroatoms. The summed E-state index contributed by atoms with van der Waals surface area (Å²) >= 11 is 1.90. The minimum atomic E-state index is 0.453. The third kappa shape index (κ3) is 4.42. The molecular formula is C17H25N5S. The first-order chi connectivity index (χ1) is 11.1. The number of hydrogen-bond acceptors (Lipinski definition) is 6. The minimum Gasteiger partial charge on any atom is -0.366 e. The summed E-state index contributed by atoms with van der Waals surface area (Å²) in [4.78, 5) is 16.0. The smallest absolute Gasteiger partial charge is 0.133 e. The van der Waals surface area contributed by atoms with Crippen molar-refractivity contribution in [3.63, 3.8) is 0 Å². The van der Waals surface area contributed by atoms with E-state index in [4.69, 9.17) is 0 Å². The number of anilines is 2. The number of nitrogens with zero attached hydrogens (tertiary/aromatic N) is 4. The van der Waals surface area contributed by atoms with E-state index in [0.717, 1.165) is 24.7 Å². The van der Waals surface area contributed by atoms with E-state index >= 15 is 0 Å². The van der Waals surface area contributed by atoms with Gasteiger partial charge < -0.3 is 10.2 Å². The van der Waals surface area contributed by atoms with Crippen LogP contribution in [0, 0.1) is 6.92 Å². The molecule has 0 bridgehead atoms. The highest BCUT2D eigenvalue weighted by molar-refractivity contribution is 7.11.